The number of rotatable bonds is 4. The fourth-order valence-electron chi connectivity index (χ4n) is 2.66. The molecular formula is C18H18BrN3O2. The van der Waals surface area contributed by atoms with Crippen LogP contribution in [-0.2, 0) is 10.2 Å². The summed E-state index contributed by atoms with van der Waals surface area (Å²) in [6, 6.07) is 14.7. The average molecular weight is 388 g/mol. The molecule has 2 aromatic rings. The average Bonchev–Trinajstić information content (AvgIpc) is 3.37. The number of halogens is 1. The van der Waals surface area contributed by atoms with Gasteiger partial charge in [-0.15, -0.1) is 0 Å². The van der Waals surface area contributed by atoms with Gasteiger partial charge in [-0.2, -0.15) is 0 Å². The number of carbonyl (C=O) groups excluding carboxylic acids is 2. The van der Waals surface area contributed by atoms with Crippen molar-refractivity contribution in [2.75, 3.05) is 17.7 Å². The van der Waals surface area contributed by atoms with Crippen LogP contribution < -0.4 is 16.0 Å². The Bertz CT molecular complexity index is 770. The second-order valence-corrected chi connectivity index (χ2v) is 6.74. The van der Waals surface area contributed by atoms with Crippen molar-refractivity contribution in [2.45, 2.75) is 18.3 Å². The molecule has 1 aliphatic carbocycles. The number of anilines is 2. The summed E-state index contributed by atoms with van der Waals surface area (Å²) in [5, 5.41) is 8.15. The molecule has 0 aliphatic heterocycles. The van der Waals surface area contributed by atoms with Crippen LogP contribution in [-0.4, -0.2) is 19.0 Å². The van der Waals surface area contributed by atoms with Gasteiger partial charge in [-0.05, 0) is 48.7 Å². The quantitative estimate of drug-likeness (QED) is 0.744. The Hall–Kier alpha value is -2.34. The van der Waals surface area contributed by atoms with Gasteiger partial charge in [-0.3, -0.25) is 4.79 Å². The van der Waals surface area contributed by atoms with E-state index in [4.69, 9.17) is 0 Å². The van der Waals surface area contributed by atoms with Crippen LogP contribution in [0.25, 0.3) is 0 Å². The second kappa shape index (κ2) is 6.65. The maximum atomic E-state index is 12.7. The lowest BCUT2D eigenvalue weighted by Gasteiger charge is -2.16. The lowest BCUT2D eigenvalue weighted by molar-refractivity contribution is -0.118. The lowest BCUT2D eigenvalue weighted by Crippen LogP contribution is -2.28. The number of amides is 3. The predicted molar refractivity (Wildman–Crippen MR) is 98.2 cm³/mol. The van der Waals surface area contributed by atoms with Gasteiger partial charge in [0.1, 0.15) is 0 Å². The zero-order chi connectivity index (χ0) is 17.2. The number of hydrogen-bond acceptors (Lipinski definition) is 2. The summed E-state index contributed by atoms with van der Waals surface area (Å²) in [5.74, 6) is -0.0121. The summed E-state index contributed by atoms with van der Waals surface area (Å²) >= 11 is 3.42. The maximum Gasteiger partial charge on any atom is 0.318 e. The molecule has 3 amide bonds. The molecule has 3 N–H and O–H groups in total. The van der Waals surface area contributed by atoms with Crippen LogP contribution in [0.2, 0.25) is 0 Å². The molecule has 2 aromatic carbocycles. The van der Waals surface area contributed by atoms with Crippen LogP contribution in [0.15, 0.2) is 53.0 Å². The SMILES string of the molecule is CNC(=O)Nc1cccc(NC(=O)C2(c3ccc(Br)cc3)CC2)c1. The van der Waals surface area contributed by atoms with E-state index in [0.717, 1.165) is 22.9 Å². The van der Waals surface area contributed by atoms with Crippen LogP contribution in [0.5, 0.6) is 0 Å². The zero-order valence-corrected chi connectivity index (χ0v) is 14.8. The third-order valence-electron chi connectivity index (χ3n) is 4.19. The third kappa shape index (κ3) is 3.43. The summed E-state index contributed by atoms with van der Waals surface area (Å²) in [6.07, 6.45) is 1.69. The van der Waals surface area contributed by atoms with E-state index in [2.05, 4.69) is 31.9 Å². The Morgan fingerprint density at radius 3 is 2.21 bits per heavy atom. The van der Waals surface area contributed by atoms with Crippen LogP contribution in [0.4, 0.5) is 16.2 Å². The molecular weight excluding hydrogens is 370 g/mol. The minimum Gasteiger partial charge on any atom is -0.341 e. The van der Waals surface area contributed by atoms with Gasteiger partial charge in [0.15, 0.2) is 0 Å². The van der Waals surface area contributed by atoms with E-state index >= 15 is 0 Å². The van der Waals surface area contributed by atoms with E-state index in [9.17, 15) is 9.59 Å². The van der Waals surface area contributed by atoms with Crippen molar-refractivity contribution in [1.29, 1.82) is 0 Å². The second-order valence-electron chi connectivity index (χ2n) is 5.83. The van der Waals surface area contributed by atoms with E-state index in [0.29, 0.717) is 11.4 Å². The first kappa shape index (κ1) is 16.5. The van der Waals surface area contributed by atoms with Crippen LogP contribution in [0.1, 0.15) is 18.4 Å². The summed E-state index contributed by atoms with van der Waals surface area (Å²) < 4.78 is 0.996. The van der Waals surface area contributed by atoms with Crippen LogP contribution >= 0.6 is 15.9 Å². The molecule has 0 bridgehead atoms. The van der Waals surface area contributed by atoms with Gasteiger partial charge in [-0.25, -0.2) is 4.79 Å². The number of urea groups is 1. The molecule has 0 atom stereocenters. The van der Waals surface area contributed by atoms with Gasteiger partial charge in [0, 0.05) is 22.9 Å². The Labute approximate surface area is 149 Å². The third-order valence-corrected chi connectivity index (χ3v) is 4.72. The van der Waals surface area contributed by atoms with Crippen molar-refractivity contribution in [3.8, 4) is 0 Å². The summed E-state index contributed by atoms with van der Waals surface area (Å²) in [4.78, 5) is 24.1. The van der Waals surface area contributed by atoms with E-state index < -0.39 is 5.41 Å². The van der Waals surface area contributed by atoms with Crippen LogP contribution in [0, 0.1) is 0 Å². The van der Waals surface area contributed by atoms with Crippen molar-refractivity contribution >= 4 is 39.2 Å². The first-order valence-electron chi connectivity index (χ1n) is 7.70. The van der Waals surface area contributed by atoms with Crippen LogP contribution in [0.3, 0.4) is 0 Å². The molecule has 0 aromatic heterocycles. The number of hydrogen-bond donors (Lipinski definition) is 3. The Kier molecular flexibility index (Phi) is 4.57. The minimum absolute atomic E-state index is 0.0121. The highest BCUT2D eigenvalue weighted by molar-refractivity contribution is 9.10. The zero-order valence-electron chi connectivity index (χ0n) is 13.2. The monoisotopic (exact) mass is 387 g/mol. The fraction of sp³-hybridized carbons (Fsp3) is 0.222. The van der Waals surface area contributed by atoms with E-state index in [1.165, 1.54) is 0 Å². The molecule has 0 heterocycles. The minimum atomic E-state index is -0.440. The number of nitrogens with one attached hydrogen (secondary N) is 3. The van der Waals surface area contributed by atoms with Gasteiger partial charge in [0.2, 0.25) is 5.91 Å². The van der Waals surface area contributed by atoms with Crippen molar-refractivity contribution in [3.05, 3.63) is 58.6 Å². The molecule has 1 fully saturated rings. The lowest BCUT2D eigenvalue weighted by atomic mass is 9.95. The van der Waals surface area contributed by atoms with Crippen molar-refractivity contribution in [2.24, 2.45) is 0 Å². The molecule has 1 saturated carbocycles. The topological polar surface area (TPSA) is 70.2 Å². The highest BCUT2D eigenvalue weighted by Gasteiger charge is 2.51. The normalized spacial score (nSPS) is 14.6. The summed E-state index contributed by atoms with van der Waals surface area (Å²) in [5.41, 5.74) is 1.88. The van der Waals surface area contributed by atoms with Gasteiger partial charge in [0.25, 0.3) is 0 Å². The predicted octanol–water partition coefficient (Wildman–Crippen LogP) is 3.87. The molecule has 0 saturated heterocycles. The highest BCUT2D eigenvalue weighted by Crippen LogP contribution is 2.49. The molecule has 6 heteroatoms. The van der Waals surface area contributed by atoms with Crippen molar-refractivity contribution < 1.29 is 9.59 Å². The molecule has 0 spiro atoms. The number of carbonyl (C=O) groups is 2. The molecule has 124 valence electrons. The summed E-state index contributed by atoms with van der Waals surface area (Å²) in [6.45, 7) is 0. The standard InChI is InChI=1S/C18H18BrN3O2/c1-20-17(24)22-15-4-2-3-14(11-15)21-16(23)18(9-10-18)12-5-7-13(19)8-6-12/h2-8,11H,9-10H2,1H3,(H,21,23)(H2,20,22,24). The Balaban J connectivity index is 1.74. The first-order chi connectivity index (χ1) is 11.5. The Morgan fingerprint density at radius 2 is 1.62 bits per heavy atom. The van der Waals surface area contributed by atoms with E-state index in [1.54, 1.807) is 25.2 Å². The molecule has 0 radical (unpaired) electrons. The van der Waals surface area contributed by atoms with E-state index in [-0.39, 0.29) is 11.9 Å². The molecule has 0 unspecified atom stereocenters. The molecule has 24 heavy (non-hydrogen) atoms. The molecule has 5 nitrogen and oxygen atoms in total. The molecule has 3 rings (SSSR count). The van der Waals surface area contributed by atoms with Gasteiger partial charge < -0.3 is 16.0 Å². The van der Waals surface area contributed by atoms with Gasteiger partial charge >= 0.3 is 6.03 Å². The van der Waals surface area contributed by atoms with Gasteiger partial charge in [-0.1, -0.05) is 34.1 Å². The van der Waals surface area contributed by atoms with E-state index in [1.807, 2.05) is 30.3 Å². The maximum absolute atomic E-state index is 12.7. The Morgan fingerprint density at radius 1 is 1.00 bits per heavy atom. The largest absolute Gasteiger partial charge is 0.341 e. The van der Waals surface area contributed by atoms with Gasteiger partial charge in [0.05, 0.1) is 5.41 Å². The first-order valence-corrected chi connectivity index (χ1v) is 8.49. The number of benzene rings is 2. The van der Waals surface area contributed by atoms with Crippen molar-refractivity contribution in [3.63, 3.8) is 0 Å². The highest BCUT2D eigenvalue weighted by atomic mass is 79.9. The smallest absolute Gasteiger partial charge is 0.318 e. The van der Waals surface area contributed by atoms with Crippen molar-refractivity contribution in [1.82, 2.24) is 5.32 Å². The summed E-state index contributed by atoms with van der Waals surface area (Å²) in [7, 11) is 1.55. The fourth-order valence-corrected chi connectivity index (χ4v) is 2.92. The molecule has 1 aliphatic rings.